The Kier molecular flexibility index (Phi) is 7.75. The lowest BCUT2D eigenvalue weighted by atomic mass is 9.99. The normalized spacial score (nSPS) is 12.9. The van der Waals surface area contributed by atoms with Gasteiger partial charge in [-0.05, 0) is 37.1 Å². The third kappa shape index (κ3) is 5.19. The number of hydrogen-bond donors (Lipinski definition) is 3. The Hall–Kier alpha value is -3.74. The van der Waals surface area contributed by atoms with Gasteiger partial charge in [0, 0.05) is 29.0 Å². The van der Waals surface area contributed by atoms with Gasteiger partial charge in [0.05, 0.1) is 23.9 Å². The summed E-state index contributed by atoms with van der Waals surface area (Å²) in [6.07, 6.45) is 0.723. The molecule has 35 heavy (non-hydrogen) atoms. The number of aliphatic hydroxyl groups is 1. The van der Waals surface area contributed by atoms with E-state index < -0.39 is 0 Å². The van der Waals surface area contributed by atoms with E-state index in [4.69, 9.17) is 0 Å². The molecule has 1 heterocycles. The summed E-state index contributed by atoms with van der Waals surface area (Å²) in [6, 6.07) is 26.1. The molecule has 2 atom stereocenters. The molecule has 0 unspecified atom stereocenters. The highest BCUT2D eigenvalue weighted by Gasteiger charge is 2.24. The number of fused-ring (bicyclic) bond motifs is 1. The number of carbonyl (C=O) groups is 1. The highest BCUT2D eigenvalue weighted by Crippen LogP contribution is 2.25. The lowest BCUT2D eigenvalue weighted by molar-refractivity contribution is 0.0935. The van der Waals surface area contributed by atoms with Crippen molar-refractivity contribution in [3.8, 4) is 5.69 Å². The molecule has 3 N–H and O–H groups in total. The van der Waals surface area contributed by atoms with Crippen LogP contribution < -0.4 is 16.2 Å². The maximum atomic E-state index is 13.9. The minimum Gasteiger partial charge on any atom is -0.395 e. The predicted molar refractivity (Wildman–Crippen MR) is 140 cm³/mol. The standard InChI is InChI=1S/C29H31N3O3/c1-3-25(21-12-6-4-7-13-21)31-28(34)27-23-16-10-11-17-24(23)29(35)32(22-14-8-5-9-15-22)26(27)18-30-20(2)19-33/h4-17,20,25,30,33H,3,18-19H2,1-2H3,(H,31,34)/t20-,25-/m0/s1. The molecular weight excluding hydrogens is 438 g/mol. The van der Waals surface area contributed by atoms with Gasteiger partial charge >= 0.3 is 0 Å². The van der Waals surface area contributed by atoms with Gasteiger partial charge < -0.3 is 15.7 Å². The second kappa shape index (κ2) is 11.1. The van der Waals surface area contributed by atoms with Crippen molar-refractivity contribution in [1.82, 2.24) is 15.2 Å². The molecule has 4 aromatic rings. The molecule has 0 aliphatic carbocycles. The average molecular weight is 470 g/mol. The molecule has 0 bridgehead atoms. The van der Waals surface area contributed by atoms with E-state index in [0.29, 0.717) is 27.7 Å². The van der Waals surface area contributed by atoms with Gasteiger partial charge in [0.1, 0.15) is 0 Å². The van der Waals surface area contributed by atoms with Crippen molar-refractivity contribution in [3.05, 3.63) is 112 Å². The summed E-state index contributed by atoms with van der Waals surface area (Å²) in [7, 11) is 0. The van der Waals surface area contributed by atoms with Gasteiger partial charge in [0.25, 0.3) is 11.5 Å². The van der Waals surface area contributed by atoms with Gasteiger partial charge in [-0.3, -0.25) is 14.2 Å². The van der Waals surface area contributed by atoms with Crippen LogP contribution in [-0.2, 0) is 6.54 Å². The molecule has 0 radical (unpaired) electrons. The number of amides is 1. The van der Waals surface area contributed by atoms with Gasteiger partial charge in [-0.25, -0.2) is 0 Å². The molecule has 1 amide bonds. The fourth-order valence-corrected chi connectivity index (χ4v) is 4.34. The van der Waals surface area contributed by atoms with E-state index in [1.165, 1.54) is 0 Å². The Balaban J connectivity index is 1.92. The van der Waals surface area contributed by atoms with Crippen molar-refractivity contribution in [3.63, 3.8) is 0 Å². The van der Waals surface area contributed by atoms with Crippen LogP contribution in [0.5, 0.6) is 0 Å². The van der Waals surface area contributed by atoms with Crippen LogP contribution in [0.15, 0.2) is 89.7 Å². The van der Waals surface area contributed by atoms with Crippen molar-refractivity contribution in [1.29, 1.82) is 0 Å². The Morgan fingerprint density at radius 2 is 1.51 bits per heavy atom. The molecule has 3 aromatic carbocycles. The Morgan fingerprint density at radius 1 is 0.914 bits per heavy atom. The number of carbonyl (C=O) groups excluding carboxylic acids is 1. The number of nitrogens with zero attached hydrogens (tertiary/aromatic N) is 1. The average Bonchev–Trinajstić information content (AvgIpc) is 2.91. The number of benzene rings is 3. The van der Waals surface area contributed by atoms with Gasteiger partial charge in [0.2, 0.25) is 0 Å². The Morgan fingerprint density at radius 3 is 2.14 bits per heavy atom. The second-order valence-corrected chi connectivity index (χ2v) is 8.65. The number of pyridine rings is 1. The minimum atomic E-state index is -0.241. The summed E-state index contributed by atoms with van der Waals surface area (Å²) in [6.45, 7) is 4.07. The van der Waals surface area contributed by atoms with Crippen LogP contribution in [0.3, 0.4) is 0 Å². The predicted octanol–water partition coefficient (Wildman–Crippen LogP) is 4.34. The SMILES string of the molecule is CC[C@H](NC(=O)c1c(CN[C@@H](C)CO)n(-c2ccccc2)c(=O)c2ccccc12)c1ccccc1. The number of aliphatic hydroxyl groups excluding tert-OH is 1. The molecule has 1 aromatic heterocycles. The highest BCUT2D eigenvalue weighted by molar-refractivity contribution is 6.08. The van der Waals surface area contributed by atoms with E-state index in [0.717, 1.165) is 12.0 Å². The van der Waals surface area contributed by atoms with Crippen LogP contribution in [0, 0.1) is 0 Å². The minimum absolute atomic E-state index is 0.0589. The van der Waals surface area contributed by atoms with Gasteiger partial charge in [-0.1, -0.05) is 73.7 Å². The summed E-state index contributed by atoms with van der Waals surface area (Å²) in [5, 5.41) is 17.1. The quantitative estimate of drug-likeness (QED) is 0.341. The number of hydrogen-bond acceptors (Lipinski definition) is 4. The first-order valence-electron chi connectivity index (χ1n) is 12.0. The molecule has 0 fully saturated rings. The van der Waals surface area contributed by atoms with E-state index in [2.05, 4.69) is 10.6 Å². The van der Waals surface area contributed by atoms with Gasteiger partial charge in [-0.2, -0.15) is 0 Å². The first kappa shape index (κ1) is 24.4. The topological polar surface area (TPSA) is 83.4 Å². The van der Waals surface area contributed by atoms with Crippen molar-refractivity contribution in [2.24, 2.45) is 0 Å². The Bertz CT molecular complexity index is 1350. The summed E-state index contributed by atoms with van der Waals surface area (Å²) in [4.78, 5) is 27.6. The first-order chi connectivity index (χ1) is 17.0. The largest absolute Gasteiger partial charge is 0.395 e. The zero-order valence-corrected chi connectivity index (χ0v) is 20.1. The Labute approximate surface area is 205 Å². The van der Waals surface area contributed by atoms with Crippen LogP contribution in [-0.4, -0.2) is 28.2 Å². The van der Waals surface area contributed by atoms with Crippen molar-refractivity contribution in [2.45, 2.75) is 38.9 Å². The molecule has 180 valence electrons. The van der Waals surface area contributed by atoms with E-state index in [1.54, 1.807) is 10.6 Å². The number of para-hydroxylation sites is 1. The third-order valence-electron chi connectivity index (χ3n) is 6.24. The lowest BCUT2D eigenvalue weighted by Crippen LogP contribution is -2.36. The number of rotatable bonds is 9. The summed E-state index contributed by atoms with van der Waals surface area (Å²) in [5.74, 6) is -0.241. The second-order valence-electron chi connectivity index (χ2n) is 8.65. The molecule has 0 saturated heterocycles. The van der Waals surface area contributed by atoms with Gasteiger partial charge in [0.15, 0.2) is 0 Å². The monoisotopic (exact) mass is 469 g/mol. The van der Waals surface area contributed by atoms with Crippen LogP contribution in [0.2, 0.25) is 0 Å². The van der Waals surface area contributed by atoms with Crippen LogP contribution in [0.1, 0.15) is 47.9 Å². The summed E-state index contributed by atoms with van der Waals surface area (Å²) < 4.78 is 1.61. The van der Waals surface area contributed by atoms with E-state index in [1.807, 2.05) is 92.7 Å². The number of nitrogens with one attached hydrogen (secondary N) is 2. The third-order valence-corrected chi connectivity index (χ3v) is 6.24. The maximum absolute atomic E-state index is 13.9. The molecule has 4 rings (SSSR count). The molecule has 6 nitrogen and oxygen atoms in total. The molecular formula is C29H31N3O3. The molecule has 6 heteroatoms. The fraction of sp³-hybridized carbons (Fsp3) is 0.241. The molecule has 0 aliphatic heterocycles. The van der Waals surface area contributed by atoms with Crippen LogP contribution in [0.25, 0.3) is 16.5 Å². The lowest BCUT2D eigenvalue weighted by Gasteiger charge is -2.23. The van der Waals surface area contributed by atoms with E-state index in [9.17, 15) is 14.7 Å². The van der Waals surface area contributed by atoms with Crippen molar-refractivity contribution in [2.75, 3.05) is 6.61 Å². The zero-order valence-electron chi connectivity index (χ0n) is 20.1. The molecule has 0 saturated carbocycles. The molecule has 0 aliphatic rings. The smallest absolute Gasteiger partial charge is 0.263 e. The summed E-state index contributed by atoms with van der Waals surface area (Å²) >= 11 is 0. The first-order valence-corrected chi connectivity index (χ1v) is 12.0. The summed E-state index contributed by atoms with van der Waals surface area (Å²) in [5.41, 5.74) is 2.53. The number of aromatic nitrogens is 1. The van der Waals surface area contributed by atoms with Gasteiger partial charge in [-0.15, -0.1) is 0 Å². The highest BCUT2D eigenvalue weighted by atomic mass is 16.3. The zero-order chi connectivity index (χ0) is 24.8. The maximum Gasteiger partial charge on any atom is 0.263 e. The van der Waals surface area contributed by atoms with E-state index >= 15 is 0 Å². The van der Waals surface area contributed by atoms with Crippen LogP contribution in [0.4, 0.5) is 0 Å². The van der Waals surface area contributed by atoms with Crippen molar-refractivity contribution >= 4 is 16.7 Å². The fourth-order valence-electron chi connectivity index (χ4n) is 4.34. The van der Waals surface area contributed by atoms with Crippen LogP contribution >= 0.6 is 0 Å². The van der Waals surface area contributed by atoms with E-state index in [-0.39, 0.29) is 36.7 Å². The molecule has 0 spiro atoms. The van der Waals surface area contributed by atoms with Crippen molar-refractivity contribution < 1.29 is 9.90 Å².